The number of carbonyl (C=O) groups excluding carboxylic acids is 1. The van der Waals surface area contributed by atoms with Crippen LogP contribution in [0.25, 0.3) is 0 Å². The first-order valence-corrected chi connectivity index (χ1v) is 6.33. The zero-order chi connectivity index (χ0) is 12.1. The Kier molecular flexibility index (Phi) is 4.14. The normalized spacial score (nSPS) is 16.3. The standard InChI is InChI=1S/C12H20N4O/c1-2-16-9-11(7-14-16)15-12(17)8-13-10-5-3-4-6-10/h7,9-10,13H,2-6,8H2,1H3,(H,15,17). The molecular weight excluding hydrogens is 216 g/mol. The van der Waals surface area contributed by atoms with Crippen molar-refractivity contribution in [2.24, 2.45) is 0 Å². The van der Waals surface area contributed by atoms with Crippen molar-refractivity contribution in [2.45, 2.75) is 45.2 Å². The van der Waals surface area contributed by atoms with E-state index in [2.05, 4.69) is 15.7 Å². The van der Waals surface area contributed by atoms with Crippen LogP contribution in [0.1, 0.15) is 32.6 Å². The van der Waals surface area contributed by atoms with Crippen LogP contribution in [-0.4, -0.2) is 28.3 Å². The minimum atomic E-state index is 0.00699. The van der Waals surface area contributed by atoms with Crippen molar-refractivity contribution in [1.29, 1.82) is 0 Å². The smallest absolute Gasteiger partial charge is 0.238 e. The second-order valence-electron chi connectivity index (χ2n) is 4.50. The van der Waals surface area contributed by atoms with E-state index in [1.54, 1.807) is 10.9 Å². The van der Waals surface area contributed by atoms with Crippen molar-refractivity contribution in [3.8, 4) is 0 Å². The van der Waals surface area contributed by atoms with Crippen LogP contribution in [-0.2, 0) is 11.3 Å². The molecule has 1 heterocycles. The highest BCUT2D eigenvalue weighted by Crippen LogP contribution is 2.17. The summed E-state index contributed by atoms with van der Waals surface area (Å²) in [5, 5.41) is 10.2. The van der Waals surface area contributed by atoms with Gasteiger partial charge >= 0.3 is 0 Å². The summed E-state index contributed by atoms with van der Waals surface area (Å²) in [5.41, 5.74) is 0.769. The number of amides is 1. The van der Waals surface area contributed by atoms with Gasteiger partial charge in [-0.05, 0) is 19.8 Å². The lowest BCUT2D eigenvalue weighted by molar-refractivity contribution is -0.115. The fourth-order valence-corrected chi connectivity index (χ4v) is 2.17. The van der Waals surface area contributed by atoms with Crippen LogP contribution in [0, 0.1) is 0 Å². The number of carbonyl (C=O) groups is 1. The minimum Gasteiger partial charge on any atom is -0.322 e. The molecule has 1 aromatic rings. The van der Waals surface area contributed by atoms with Gasteiger partial charge in [0.2, 0.25) is 5.91 Å². The van der Waals surface area contributed by atoms with Crippen LogP contribution in [0.5, 0.6) is 0 Å². The van der Waals surface area contributed by atoms with Crippen LogP contribution in [0.15, 0.2) is 12.4 Å². The summed E-state index contributed by atoms with van der Waals surface area (Å²) >= 11 is 0. The Balaban J connectivity index is 1.72. The number of hydrogen-bond donors (Lipinski definition) is 2. The third-order valence-corrected chi connectivity index (χ3v) is 3.15. The highest BCUT2D eigenvalue weighted by Gasteiger charge is 2.15. The maximum atomic E-state index is 11.7. The fraction of sp³-hybridized carbons (Fsp3) is 0.667. The molecule has 2 rings (SSSR count). The predicted molar refractivity (Wildman–Crippen MR) is 66.8 cm³/mol. The van der Waals surface area contributed by atoms with Crippen LogP contribution >= 0.6 is 0 Å². The number of aryl methyl sites for hydroxylation is 1. The summed E-state index contributed by atoms with van der Waals surface area (Å²) in [4.78, 5) is 11.7. The van der Waals surface area contributed by atoms with Crippen LogP contribution < -0.4 is 10.6 Å². The summed E-state index contributed by atoms with van der Waals surface area (Å²) in [6.45, 7) is 3.22. The molecule has 1 fully saturated rings. The molecule has 0 aromatic carbocycles. The van der Waals surface area contributed by atoms with Crippen LogP contribution in [0.3, 0.4) is 0 Å². The van der Waals surface area contributed by atoms with E-state index in [-0.39, 0.29) is 5.91 Å². The molecule has 1 aliphatic rings. The lowest BCUT2D eigenvalue weighted by Gasteiger charge is -2.10. The van der Waals surface area contributed by atoms with Crippen molar-refractivity contribution in [3.05, 3.63) is 12.4 Å². The van der Waals surface area contributed by atoms with Crippen molar-refractivity contribution in [3.63, 3.8) is 0 Å². The van der Waals surface area contributed by atoms with Crippen LogP contribution in [0.2, 0.25) is 0 Å². The predicted octanol–water partition coefficient (Wildman–Crippen LogP) is 1.37. The molecule has 94 valence electrons. The lowest BCUT2D eigenvalue weighted by atomic mass is 10.2. The first-order valence-electron chi connectivity index (χ1n) is 6.33. The highest BCUT2D eigenvalue weighted by atomic mass is 16.1. The average Bonchev–Trinajstić information content (AvgIpc) is 2.97. The van der Waals surface area contributed by atoms with Crippen molar-refractivity contribution < 1.29 is 4.79 Å². The van der Waals surface area contributed by atoms with Crippen molar-refractivity contribution in [1.82, 2.24) is 15.1 Å². The van der Waals surface area contributed by atoms with Gasteiger partial charge in [0.15, 0.2) is 0 Å². The molecule has 0 spiro atoms. The molecule has 1 aromatic heterocycles. The van der Waals surface area contributed by atoms with Gasteiger partial charge in [-0.2, -0.15) is 5.10 Å². The summed E-state index contributed by atoms with van der Waals surface area (Å²) in [5.74, 6) is 0.00699. The van der Waals surface area contributed by atoms with Crippen LogP contribution in [0.4, 0.5) is 5.69 Å². The summed E-state index contributed by atoms with van der Waals surface area (Å²) in [6, 6.07) is 0.527. The molecule has 5 nitrogen and oxygen atoms in total. The lowest BCUT2D eigenvalue weighted by Crippen LogP contribution is -2.34. The maximum absolute atomic E-state index is 11.7. The summed E-state index contributed by atoms with van der Waals surface area (Å²) in [7, 11) is 0. The monoisotopic (exact) mass is 236 g/mol. The number of nitrogens with zero attached hydrogens (tertiary/aromatic N) is 2. The van der Waals surface area contributed by atoms with E-state index >= 15 is 0 Å². The SMILES string of the molecule is CCn1cc(NC(=O)CNC2CCCC2)cn1. The second-order valence-corrected chi connectivity index (χ2v) is 4.50. The van der Waals surface area contributed by atoms with Crippen molar-refractivity contribution in [2.75, 3.05) is 11.9 Å². The maximum Gasteiger partial charge on any atom is 0.238 e. The summed E-state index contributed by atoms with van der Waals surface area (Å²) in [6.07, 6.45) is 8.47. The number of aromatic nitrogens is 2. The van der Waals surface area contributed by atoms with Gasteiger partial charge in [-0.25, -0.2) is 0 Å². The molecule has 1 saturated carbocycles. The molecular formula is C12H20N4O. The quantitative estimate of drug-likeness (QED) is 0.812. The molecule has 0 bridgehead atoms. The molecule has 0 saturated heterocycles. The largest absolute Gasteiger partial charge is 0.322 e. The van der Waals surface area contributed by atoms with E-state index in [0.717, 1.165) is 12.2 Å². The first-order chi connectivity index (χ1) is 8.28. The van der Waals surface area contributed by atoms with Gasteiger partial charge in [0.25, 0.3) is 0 Å². The van der Waals surface area contributed by atoms with E-state index in [9.17, 15) is 4.79 Å². The molecule has 0 atom stereocenters. The first kappa shape index (κ1) is 12.1. The van der Waals surface area contributed by atoms with Gasteiger partial charge in [-0.15, -0.1) is 0 Å². The minimum absolute atomic E-state index is 0.00699. The van der Waals surface area contributed by atoms with E-state index < -0.39 is 0 Å². The van der Waals surface area contributed by atoms with Crippen molar-refractivity contribution >= 4 is 11.6 Å². The number of rotatable bonds is 5. The highest BCUT2D eigenvalue weighted by molar-refractivity contribution is 5.91. The molecule has 0 aliphatic heterocycles. The van der Waals surface area contributed by atoms with Gasteiger partial charge in [0.05, 0.1) is 18.4 Å². The molecule has 5 heteroatoms. The van der Waals surface area contributed by atoms with Gasteiger partial charge in [-0.3, -0.25) is 9.48 Å². The van der Waals surface area contributed by atoms with Gasteiger partial charge in [0, 0.05) is 18.8 Å². The zero-order valence-corrected chi connectivity index (χ0v) is 10.3. The summed E-state index contributed by atoms with van der Waals surface area (Å²) < 4.78 is 1.79. The Morgan fingerprint density at radius 1 is 1.53 bits per heavy atom. The number of anilines is 1. The Morgan fingerprint density at radius 3 is 2.94 bits per heavy atom. The molecule has 2 N–H and O–H groups in total. The third kappa shape index (κ3) is 3.56. The Hall–Kier alpha value is -1.36. The van der Waals surface area contributed by atoms with Gasteiger partial charge in [0.1, 0.15) is 0 Å². The zero-order valence-electron chi connectivity index (χ0n) is 10.3. The molecule has 0 radical (unpaired) electrons. The molecule has 1 aliphatic carbocycles. The Bertz CT molecular complexity index is 368. The second kappa shape index (κ2) is 5.82. The van der Waals surface area contributed by atoms with Gasteiger partial charge in [-0.1, -0.05) is 12.8 Å². The Labute approximate surface area is 102 Å². The van der Waals surface area contributed by atoms with E-state index in [1.165, 1.54) is 25.7 Å². The Morgan fingerprint density at radius 2 is 2.29 bits per heavy atom. The average molecular weight is 236 g/mol. The third-order valence-electron chi connectivity index (χ3n) is 3.15. The molecule has 1 amide bonds. The number of hydrogen-bond acceptors (Lipinski definition) is 3. The number of nitrogens with one attached hydrogen (secondary N) is 2. The van der Waals surface area contributed by atoms with E-state index in [0.29, 0.717) is 12.6 Å². The van der Waals surface area contributed by atoms with E-state index in [4.69, 9.17) is 0 Å². The fourth-order valence-electron chi connectivity index (χ4n) is 2.17. The topological polar surface area (TPSA) is 59.0 Å². The molecule has 0 unspecified atom stereocenters. The van der Waals surface area contributed by atoms with Gasteiger partial charge < -0.3 is 10.6 Å². The van der Waals surface area contributed by atoms with E-state index in [1.807, 2.05) is 13.1 Å². The molecule has 17 heavy (non-hydrogen) atoms.